The van der Waals surface area contributed by atoms with Gasteiger partial charge in [-0.1, -0.05) is 32.4 Å². The summed E-state index contributed by atoms with van der Waals surface area (Å²) in [5.41, 5.74) is 0. The van der Waals surface area contributed by atoms with Gasteiger partial charge in [0.15, 0.2) is 8.32 Å². The molecule has 0 bridgehead atoms. The Hall–Kier alpha value is -0.693. The summed E-state index contributed by atoms with van der Waals surface area (Å²) in [5, 5.41) is 10.2. The van der Waals surface area contributed by atoms with E-state index in [-0.39, 0.29) is 29.8 Å². The van der Waals surface area contributed by atoms with Crippen LogP contribution in [0.1, 0.15) is 33.6 Å². The zero-order valence-corrected chi connectivity index (χ0v) is 16.3. The third-order valence-corrected chi connectivity index (χ3v) is 9.68. The molecule has 0 aromatic carbocycles. The summed E-state index contributed by atoms with van der Waals surface area (Å²) >= 11 is 5.86. The quantitative estimate of drug-likeness (QED) is 0.642. The molecule has 5 nitrogen and oxygen atoms in total. The molecule has 1 heterocycles. The average molecular weight is 359 g/mol. The lowest BCUT2D eigenvalue weighted by Crippen LogP contribution is -2.45. The largest absolute Gasteiger partial charge is 0.474 e. The van der Waals surface area contributed by atoms with E-state index in [0.29, 0.717) is 11.0 Å². The highest BCUT2D eigenvalue weighted by atomic mass is 35.5. The molecular weight excluding hydrogens is 332 g/mol. The molecule has 0 aliphatic heterocycles. The first-order chi connectivity index (χ1) is 10.6. The van der Waals surface area contributed by atoms with Gasteiger partial charge in [0, 0.05) is 25.0 Å². The summed E-state index contributed by atoms with van der Waals surface area (Å²) in [4.78, 5) is 7.93. The molecule has 1 aliphatic rings. The number of aliphatic hydroxyl groups excluding tert-OH is 1. The first kappa shape index (κ1) is 18.6. The van der Waals surface area contributed by atoms with Crippen LogP contribution in [0.4, 0.5) is 0 Å². The van der Waals surface area contributed by atoms with Crippen LogP contribution in [-0.4, -0.2) is 42.2 Å². The fourth-order valence-corrected chi connectivity index (χ4v) is 4.11. The number of hydrogen-bond acceptors (Lipinski definition) is 5. The van der Waals surface area contributed by atoms with Crippen LogP contribution in [-0.2, 0) is 4.43 Å². The molecule has 1 aromatic rings. The van der Waals surface area contributed by atoms with Crippen LogP contribution in [0.2, 0.25) is 23.3 Å². The predicted octanol–water partition coefficient (Wildman–Crippen LogP) is 3.67. The Morgan fingerprint density at radius 2 is 2.00 bits per heavy atom. The van der Waals surface area contributed by atoms with Crippen molar-refractivity contribution >= 4 is 19.9 Å². The van der Waals surface area contributed by atoms with Crippen LogP contribution in [0.5, 0.6) is 5.88 Å². The lowest BCUT2D eigenvalue weighted by Gasteiger charge is -2.39. The molecular formula is C16H27ClN2O3Si. The van der Waals surface area contributed by atoms with Gasteiger partial charge in [-0.15, -0.1) is 0 Å². The van der Waals surface area contributed by atoms with Crippen molar-refractivity contribution in [1.82, 2.24) is 9.97 Å². The van der Waals surface area contributed by atoms with E-state index in [4.69, 9.17) is 20.8 Å². The lowest BCUT2D eigenvalue weighted by atomic mass is 10.1. The van der Waals surface area contributed by atoms with Crippen molar-refractivity contribution in [2.45, 2.75) is 64.0 Å². The fraction of sp³-hybridized carbons (Fsp3) is 0.750. The second-order valence-corrected chi connectivity index (χ2v) is 12.9. The van der Waals surface area contributed by atoms with Gasteiger partial charge in [-0.3, -0.25) is 0 Å². The molecule has 23 heavy (non-hydrogen) atoms. The predicted molar refractivity (Wildman–Crippen MR) is 93.3 cm³/mol. The van der Waals surface area contributed by atoms with Gasteiger partial charge in [0.1, 0.15) is 17.6 Å². The molecule has 1 unspecified atom stereocenters. The van der Waals surface area contributed by atoms with E-state index >= 15 is 0 Å². The minimum atomic E-state index is -1.87. The van der Waals surface area contributed by atoms with Crippen molar-refractivity contribution in [2.24, 2.45) is 5.92 Å². The fourth-order valence-electron chi connectivity index (χ4n) is 2.58. The summed E-state index contributed by atoms with van der Waals surface area (Å²) in [5.74, 6) is 0.575. The Balaban J connectivity index is 2.03. The standard InChI is InChI=1S/C16H27ClN2O3Si/c1-16(2,3)23(4,5)22-13-7-12(6-11(13)9-20)21-15-8-14(17)18-10-19-15/h8,10-13,20H,6-7,9H2,1-5H3/t11-,12+,13?/m0/s1. The highest BCUT2D eigenvalue weighted by molar-refractivity contribution is 6.74. The first-order valence-electron chi connectivity index (χ1n) is 8.05. The Bertz CT molecular complexity index is 536. The van der Waals surface area contributed by atoms with E-state index < -0.39 is 8.32 Å². The smallest absolute Gasteiger partial charge is 0.218 e. The second-order valence-electron chi connectivity index (χ2n) is 7.75. The molecule has 1 aromatic heterocycles. The van der Waals surface area contributed by atoms with Gasteiger partial charge in [0.2, 0.25) is 5.88 Å². The van der Waals surface area contributed by atoms with Crippen molar-refractivity contribution in [3.05, 3.63) is 17.5 Å². The average Bonchev–Trinajstić information content (AvgIpc) is 2.78. The Labute approximate surface area is 144 Å². The lowest BCUT2D eigenvalue weighted by molar-refractivity contribution is 0.0971. The zero-order chi connectivity index (χ0) is 17.3. The molecule has 0 spiro atoms. The molecule has 7 heteroatoms. The van der Waals surface area contributed by atoms with E-state index in [0.717, 1.165) is 12.8 Å². The Morgan fingerprint density at radius 1 is 1.30 bits per heavy atom. The van der Waals surface area contributed by atoms with E-state index in [1.54, 1.807) is 6.07 Å². The second kappa shape index (κ2) is 7.05. The molecule has 0 saturated heterocycles. The van der Waals surface area contributed by atoms with Crippen LogP contribution >= 0.6 is 11.6 Å². The van der Waals surface area contributed by atoms with Crippen molar-refractivity contribution in [2.75, 3.05) is 6.61 Å². The Kier molecular flexibility index (Phi) is 5.71. The van der Waals surface area contributed by atoms with Gasteiger partial charge in [0.05, 0.1) is 6.10 Å². The summed E-state index contributed by atoms with van der Waals surface area (Å²) in [6.45, 7) is 11.3. The number of ether oxygens (including phenoxy) is 1. The van der Waals surface area contributed by atoms with E-state index in [2.05, 4.69) is 43.8 Å². The third-order valence-electron chi connectivity index (χ3n) is 4.97. The molecule has 2 rings (SSSR count). The number of aromatic nitrogens is 2. The summed E-state index contributed by atoms with van der Waals surface area (Å²) < 4.78 is 12.4. The molecule has 0 amide bonds. The van der Waals surface area contributed by atoms with Crippen molar-refractivity contribution in [3.8, 4) is 5.88 Å². The van der Waals surface area contributed by atoms with Crippen LogP contribution in [0.25, 0.3) is 0 Å². The molecule has 1 aliphatic carbocycles. The normalized spacial score (nSPS) is 25.6. The highest BCUT2D eigenvalue weighted by Gasteiger charge is 2.44. The number of hydrogen-bond donors (Lipinski definition) is 1. The van der Waals surface area contributed by atoms with Crippen LogP contribution < -0.4 is 4.74 Å². The number of halogens is 1. The highest BCUT2D eigenvalue weighted by Crippen LogP contribution is 2.41. The van der Waals surface area contributed by atoms with Crippen molar-refractivity contribution in [3.63, 3.8) is 0 Å². The van der Waals surface area contributed by atoms with Gasteiger partial charge >= 0.3 is 0 Å². The maximum atomic E-state index is 9.70. The maximum absolute atomic E-state index is 9.70. The SMILES string of the molecule is CC(C)(C)[Si](C)(C)OC1C[C@H](Oc2cc(Cl)ncn2)C[C@H]1CO. The van der Waals surface area contributed by atoms with Gasteiger partial charge in [-0.2, -0.15) is 0 Å². The molecule has 130 valence electrons. The van der Waals surface area contributed by atoms with E-state index in [1.165, 1.54) is 6.33 Å². The molecule has 3 atom stereocenters. The number of nitrogens with zero attached hydrogens (tertiary/aromatic N) is 2. The number of rotatable bonds is 5. The van der Waals surface area contributed by atoms with Crippen LogP contribution in [0, 0.1) is 5.92 Å². The van der Waals surface area contributed by atoms with Gasteiger partial charge < -0.3 is 14.3 Å². The summed E-state index contributed by atoms with van der Waals surface area (Å²) in [6.07, 6.45) is 2.92. The maximum Gasteiger partial charge on any atom is 0.218 e. The van der Waals surface area contributed by atoms with Crippen molar-refractivity contribution in [1.29, 1.82) is 0 Å². The van der Waals surface area contributed by atoms with E-state index in [9.17, 15) is 5.11 Å². The van der Waals surface area contributed by atoms with Crippen LogP contribution in [0.15, 0.2) is 12.4 Å². The van der Waals surface area contributed by atoms with Gasteiger partial charge in [-0.25, -0.2) is 9.97 Å². The summed E-state index contributed by atoms with van der Waals surface area (Å²) in [7, 11) is -1.87. The number of aliphatic hydroxyl groups is 1. The summed E-state index contributed by atoms with van der Waals surface area (Å²) in [6, 6.07) is 1.61. The molecule has 1 N–H and O–H groups in total. The minimum absolute atomic E-state index is 0.0205. The van der Waals surface area contributed by atoms with Gasteiger partial charge in [-0.05, 0) is 24.6 Å². The molecule has 1 fully saturated rings. The third kappa shape index (κ3) is 4.65. The van der Waals surface area contributed by atoms with E-state index in [1.807, 2.05) is 0 Å². The van der Waals surface area contributed by atoms with Gasteiger partial charge in [0.25, 0.3) is 0 Å². The molecule has 0 radical (unpaired) electrons. The Morgan fingerprint density at radius 3 is 2.57 bits per heavy atom. The van der Waals surface area contributed by atoms with Crippen molar-refractivity contribution < 1.29 is 14.3 Å². The molecule has 1 saturated carbocycles. The minimum Gasteiger partial charge on any atom is -0.474 e. The monoisotopic (exact) mass is 358 g/mol. The first-order valence-corrected chi connectivity index (χ1v) is 11.3. The zero-order valence-electron chi connectivity index (χ0n) is 14.5. The topological polar surface area (TPSA) is 64.5 Å². The van der Waals surface area contributed by atoms with Crippen LogP contribution in [0.3, 0.4) is 0 Å².